The molecular formula is C21H35N3O3S. The highest BCUT2D eigenvalue weighted by Gasteiger charge is 2.24. The summed E-state index contributed by atoms with van der Waals surface area (Å²) in [6.07, 6.45) is 5.09. The fourth-order valence-electron chi connectivity index (χ4n) is 3.50. The number of likely N-dealkylation sites (N-methyl/N-ethyl adjacent to an activating group) is 1. The first-order valence-electron chi connectivity index (χ1n) is 10.6. The summed E-state index contributed by atoms with van der Waals surface area (Å²) < 4.78 is 27.2. The normalized spacial score (nSPS) is 16.1. The number of hydrogen-bond acceptors (Lipinski definition) is 4. The van der Waals surface area contributed by atoms with Crippen LogP contribution in [0.25, 0.3) is 0 Å². The number of nitrogens with one attached hydrogen (secondary N) is 1. The van der Waals surface area contributed by atoms with Gasteiger partial charge in [0.2, 0.25) is 15.9 Å². The number of amides is 1. The first kappa shape index (κ1) is 22.8. The number of hydrogen-bond donors (Lipinski definition) is 1. The van der Waals surface area contributed by atoms with Gasteiger partial charge < -0.3 is 10.2 Å². The Labute approximate surface area is 170 Å². The van der Waals surface area contributed by atoms with Gasteiger partial charge in [0.05, 0.1) is 4.90 Å². The van der Waals surface area contributed by atoms with Gasteiger partial charge >= 0.3 is 0 Å². The molecule has 28 heavy (non-hydrogen) atoms. The molecule has 0 unspecified atom stereocenters. The van der Waals surface area contributed by atoms with Crippen LogP contribution in [0.3, 0.4) is 0 Å². The van der Waals surface area contributed by atoms with Crippen LogP contribution in [0, 0.1) is 0 Å². The smallest absolute Gasteiger partial charge is 0.243 e. The molecule has 1 aromatic carbocycles. The maximum Gasteiger partial charge on any atom is 0.243 e. The lowest BCUT2D eigenvalue weighted by molar-refractivity contribution is -0.121. The number of carbonyl (C=O) groups excluding carboxylic acids is 1. The molecule has 0 saturated carbocycles. The van der Waals surface area contributed by atoms with Crippen LogP contribution in [0.2, 0.25) is 0 Å². The molecule has 6 nitrogen and oxygen atoms in total. The Bertz CT molecular complexity index is 692. The Morgan fingerprint density at radius 1 is 1.04 bits per heavy atom. The first-order valence-corrected chi connectivity index (χ1v) is 12.0. The first-order chi connectivity index (χ1) is 13.5. The lowest BCUT2D eigenvalue weighted by Crippen LogP contribution is -2.34. The largest absolute Gasteiger partial charge is 0.355 e. The van der Waals surface area contributed by atoms with Crippen LogP contribution in [0.15, 0.2) is 29.2 Å². The van der Waals surface area contributed by atoms with Gasteiger partial charge in [-0.1, -0.05) is 38.8 Å². The van der Waals surface area contributed by atoms with Crippen LogP contribution in [0.1, 0.15) is 51.5 Å². The van der Waals surface area contributed by atoms with Crippen LogP contribution in [-0.4, -0.2) is 62.8 Å². The monoisotopic (exact) mass is 409 g/mol. The fourth-order valence-corrected chi connectivity index (χ4v) is 5.02. The molecule has 1 saturated heterocycles. The maximum absolute atomic E-state index is 12.8. The van der Waals surface area contributed by atoms with Gasteiger partial charge in [-0.15, -0.1) is 0 Å². The number of nitrogens with zero attached hydrogens (tertiary/aromatic N) is 2. The number of carbonyl (C=O) groups is 1. The molecule has 0 spiro atoms. The van der Waals surface area contributed by atoms with Crippen LogP contribution in [-0.2, 0) is 21.2 Å². The second-order valence-corrected chi connectivity index (χ2v) is 9.28. The van der Waals surface area contributed by atoms with E-state index in [-0.39, 0.29) is 5.91 Å². The molecule has 0 atom stereocenters. The molecule has 1 heterocycles. The van der Waals surface area contributed by atoms with E-state index < -0.39 is 10.0 Å². The van der Waals surface area contributed by atoms with E-state index in [0.717, 1.165) is 50.9 Å². The van der Waals surface area contributed by atoms with Gasteiger partial charge in [-0.25, -0.2) is 8.42 Å². The summed E-state index contributed by atoms with van der Waals surface area (Å²) in [6.45, 7) is 8.94. The van der Waals surface area contributed by atoms with Gasteiger partial charge in [0.1, 0.15) is 0 Å². The lowest BCUT2D eigenvalue weighted by atomic mass is 10.1. The molecule has 2 rings (SSSR count). The Balaban J connectivity index is 1.82. The van der Waals surface area contributed by atoms with Crippen LogP contribution >= 0.6 is 0 Å². The number of benzene rings is 1. The molecule has 158 valence electrons. The Kier molecular flexibility index (Phi) is 9.41. The highest BCUT2D eigenvalue weighted by molar-refractivity contribution is 7.89. The van der Waals surface area contributed by atoms with E-state index in [1.165, 1.54) is 0 Å². The van der Waals surface area contributed by atoms with Crippen molar-refractivity contribution in [3.8, 4) is 0 Å². The summed E-state index contributed by atoms with van der Waals surface area (Å²) in [4.78, 5) is 14.6. The molecular weight excluding hydrogens is 374 g/mol. The predicted molar refractivity (Wildman–Crippen MR) is 113 cm³/mol. The maximum atomic E-state index is 12.8. The van der Waals surface area contributed by atoms with E-state index in [1.54, 1.807) is 16.4 Å². The molecule has 0 aliphatic carbocycles. The van der Waals surface area contributed by atoms with Crippen molar-refractivity contribution in [1.82, 2.24) is 14.5 Å². The summed E-state index contributed by atoms with van der Waals surface area (Å²) in [5, 5.41) is 2.95. The second kappa shape index (κ2) is 11.5. The zero-order chi connectivity index (χ0) is 20.4. The Hall–Kier alpha value is -1.44. The molecule has 0 radical (unpaired) electrons. The van der Waals surface area contributed by atoms with Gasteiger partial charge in [-0.2, -0.15) is 4.31 Å². The van der Waals surface area contributed by atoms with Gasteiger partial charge in [-0.3, -0.25) is 4.79 Å². The van der Waals surface area contributed by atoms with Crippen molar-refractivity contribution in [3.63, 3.8) is 0 Å². The second-order valence-electron chi connectivity index (χ2n) is 7.34. The van der Waals surface area contributed by atoms with E-state index in [9.17, 15) is 13.2 Å². The lowest BCUT2D eigenvalue weighted by Gasteiger charge is -2.20. The van der Waals surface area contributed by atoms with Crippen LogP contribution in [0.5, 0.6) is 0 Å². The van der Waals surface area contributed by atoms with Crippen molar-refractivity contribution >= 4 is 15.9 Å². The highest BCUT2D eigenvalue weighted by atomic mass is 32.2. The third-order valence-electron chi connectivity index (χ3n) is 5.41. The molecule has 1 fully saturated rings. The minimum atomic E-state index is -3.41. The van der Waals surface area contributed by atoms with E-state index in [4.69, 9.17) is 0 Å². The van der Waals surface area contributed by atoms with Gasteiger partial charge in [-0.05, 0) is 50.0 Å². The Morgan fingerprint density at radius 2 is 1.64 bits per heavy atom. The zero-order valence-electron chi connectivity index (χ0n) is 17.3. The van der Waals surface area contributed by atoms with Gasteiger partial charge in [0, 0.05) is 32.6 Å². The van der Waals surface area contributed by atoms with Crippen molar-refractivity contribution in [3.05, 3.63) is 29.8 Å². The summed E-state index contributed by atoms with van der Waals surface area (Å²) >= 11 is 0. The number of rotatable bonds is 10. The molecule has 0 bridgehead atoms. The van der Waals surface area contributed by atoms with Crippen molar-refractivity contribution in [2.24, 2.45) is 0 Å². The topological polar surface area (TPSA) is 69.7 Å². The van der Waals surface area contributed by atoms with Crippen molar-refractivity contribution in [2.45, 2.75) is 57.3 Å². The fraction of sp³-hybridized carbons (Fsp3) is 0.667. The van der Waals surface area contributed by atoms with E-state index in [2.05, 4.69) is 24.1 Å². The molecule has 7 heteroatoms. The molecule has 1 aromatic rings. The number of aryl methyl sites for hydroxylation is 1. The molecule has 1 N–H and O–H groups in total. The zero-order valence-corrected chi connectivity index (χ0v) is 18.1. The predicted octanol–water partition coefficient (Wildman–Crippen LogP) is 2.64. The molecule has 1 aliphatic rings. The standard InChI is InChI=1S/C21H35N3O3S/c1-3-23(4-2)18-15-22-21(25)14-11-19-9-12-20(13-10-19)28(26,27)24-16-7-5-6-8-17-24/h9-10,12-13H,3-8,11,14-18H2,1-2H3,(H,22,25). The third-order valence-corrected chi connectivity index (χ3v) is 7.32. The number of sulfonamides is 1. The minimum Gasteiger partial charge on any atom is -0.355 e. The van der Waals surface area contributed by atoms with Crippen molar-refractivity contribution < 1.29 is 13.2 Å². The van der Waals surface area contributed by atoms with Gasteiger partial charge in [0.25, 0.3) is 0 Å². The van der Waals surface area contributed by atoms with Crippen molar-refractivity contribution in [2.75, 3.05) is 39.3 Å². The van der Waals surface area contributed by atoms with E-state index in [1.807, 2.05) is 12.1 Å². The quantitative estimate of drug-likeness (QED) is 0.645. The highest BCUT2D eigenvalue weighted by Crippen LogP contribution is 2.21. The molecule has 1 aliphatic heterocycles. The SMILES string of the molecule is CCN(CC)CCNC(=O)CCc1ccc(S(=O)(=O)N2CCCCCC2)cc1. The van der Waals surface area contributed by atoms with Crippen LogP contribution < -0.4 is 5.32 Å². The summed E-state index contributed by atoms with van der Waals surface area (Å²) in [7, 11) is -3.41. The summed E-state index contributed by atoms with van der Waals surface area (Å²) in [5.74, 6) is 0.0356. The summed E-state index contributed by atoms with van der Waals surface area (Å²) in [6, 6.07) is 7.00. The minimum absolute atomic E-state index is 0.0356. The summed E-state index contributed by atoms with van der Waals surface area (Å²) in [5.41, 5.74) is 0.980. The third kappa shape index (κ3) is 6.87. The van der Waals surface area contributed by atoms with E-state index in [0.29, 0.717) is 37.4 Å². The van der Waals surface area contributed by atoms with Crippen LogP contribution in [0.4, 0.5) is 0 Å². The Morgan fingerprint density at radius 3 is 2.21 bits per heavy atom. The average Bonchev–Trinajstić information content (AvgIpc) is 3.00. The van der Waals surface area contributed by atoms with E-state index >= 15 is 0 Å². The van der Waals surface area contributed by atoms with Crippen molar-refractivity contribution in [1.29, 1.82) is 0 Å². The van der Waals surface area contributed by atoms with Gasteiger partial charge in [0.15, 0.2) is 0 Å². The average molecular weight is 410 g/mol. The molecule has 1 amide bonds. The molecule has 0 aromatic heterocycles.